The number of benzene rings is 3. The van der Waals surface area contributed by atoms with Gasteiger partial charge in [0.05, 0.1) is 5.56 Å². The lowest BCUT2D eigenvalue weighted by Gasteiger charge is -2.17. The van der Waals surface area contributed by atoms with Crippen LogP contribution < -0.4 is 4.57 Å². The van der Waals surface area contributed by atoms with Gasteiger partial charge in [0.15, 0.2) is 6.20 Å². The zero-order valence-corrected chi connectivity index (χ0v) is 17.0. The molecule has 0 spiro atoms. The largest absolute Gasteiger partial charge is 0.213 e. The maximum atomic E-state index is 8.20. The van der Waals surface area contributed by atoms with Gasteiger partial charge in [0.1, 0.15) is 7.05 Å². The van der Waals surface area contributed by atoms with Gasteiger partial charge in [-0.2, -0.15) is 0 Å². The Labute approximate surface area is 182 Å². The van der Waals surface area contributed by atoms with Gasteiger partial charge in [-0.05, 0) is 67.0 Å². The van der Waals surface area contributed by atoms with Crippen molar-refractivity contribution in [3.63, 3.8) is 0 Å². The van der Waals surface area contributed by atoms with E-state index in [1.165, 1.54) is 0 Å². The highest BCUT2D eigenvalue weighted by atomic mass is 14.9. The topological polar surface area (TPSA) is 3.88 Å². The molecule has 29 heavy (non-hydrogen) atoms. The van der Waals surface area contributed by atoms with E-state index in [9.17, 15) is 0 Å². The molecule has 1 heteroatoms. The molecule has 0 atom stereocenters. The summed E-state index contributed by atoms with van der Waals surface area (Å²) in [7, 11) is 1.95. The first kappa shape index (κ1) is 13.1. The van der Waals surface area contributed by atoms with Crippen LogP contribution >= 0.6 is 0 Å². The maximum absolute atomic E-state index is 8.20. The Morgan fingerprint density at radius 3 is 2.07 bits per heavy atom. The van der Waals surface area contributed by atoms with Crippen LogP contribution in [0.5, 0.6) is 0 Å². The van der Waals surface area contributed by atoms with Crippen molar-refractivity contribution in [2.24, 2.45) is 7.05 Å². The molecule has 0 bridgehead atoms. The fraction of sp³-hybridized carbons (Fsp3) is 0.179. The molecule has 0 aliphatic heterocycles. The van der Waals surface area contributed by atoms with Gasteiger partial charge in [-0.25, -0.2) is 4.57 Å². The molecule has 0 aliphatic rings. The summed E-state index contributed by atoms with van der Waals surface area (Å²) >= 11 is 0. The molecular formula is C28H28N+. The Hall–Kier alpha value is -3.19. The Morgan fingerprint density at radius 2 is 1.41 bits per heavy atom. The summed E-state index contributed by atoms with van der Waals surface area (Å²) in [5.41, 5.74) is 6.34. The monoisotopic (exact) mass is 384 g/mol. The van der Waals surface area contributed by atoms with Crippen molar-refractivity contribution in [3.8, 4) is 33.5 Å². The van der Waals surface area contributed by atoms with Gasteiger partial charge in [0, 0.05) is 19.9 Å². The average Bonchev–Trinajstić information content (AvgIpc) is 2.78. The second kappa shape index (κ2) is 7.67. The van der Waals surface area contributed by atoms with Gasteiger partial charge in [-0.1, -0.05) is 66.2 Å². The minimum absolute atomic E-state index is 0.0547. The summed E-state index contributed by atoms with van der Waals surface area (Å²) in [5, 5.41) is 0. The van der Waals surface area contributed by atoms with E-state index in [0.717, 1.165) is 27.9 Å². The Morgan fingerprint density at radius 1 is 0.690 bits per heavy atom. The quantitative estimate of drug-likeness (QED) is 0.344. The molecule has 0 saturated heterocycles. The van der Waals surface area contributed by atoms with Crippen molar-refractivity contribution in [1.82, 2.24) is 0 Å². The number of hydrogen-bond acceptors (Lipinski definition) is 0. The molecule has 3 aromatic carbocycles. The summed E-state index contributed by atoms with van der Waals surface area (Å²) in [6.07, 6.45) is 2.03. The van der Waals surface area contributed by atoms with E-state index in [1.807, 2.05) is 85.4 Å². The van der Waals surface area contributed by atoms with E-state index in [4.69, 9.17) is 8.22 Å². The number of nitrogens with zero attached hydrogens (tertiary/aromatic N) is 1. The molecule has 144 valence electrons. The second-order valence-electron chi connectivity index (χ2n) is 7.51. The molecule has 0 saturated carbocycles. The standard InChI is InChI=1S/C28H28N/c1-19-16-21(3)27(22(4)17-19)25-13-9-10-20(2)28(25)26-15-14-24(18-29(26)5)23-11-7-6-8-12-23/h6-18H,1-5H3/q+1/i3D3,4D3. The number of hydrogen-bond donors (Lipinski definition) is 0. The third kappa shape index (κ3) is 3.61. The summed E-state index contributed by atoms with van der Waals surface area (Å²) in [4.78, 5) is 0. The molecule has 4 rings (SSSR count). The highest BCUT2D eigenvalue weighted by molar-refractivity contribution is 5.86. The van der Waals surface area contributed by atoms with E-state index >= 15 is 0 Å². The van der Waals surface area contributed by atoms with E-state index in [2.05, 4.69) is 0 Å². The number of pyridine rings is 1. The normalized spacial score (nSPS) is 14.9. The zero-order valence-electron chi connectivity index (χ0n) is 23.0. The van der Waals surface area contributed by atoms with E-state index in [1.54, 1.807) is 19.1 Å². The van der Waals surface area contributed by atoms with Crippen LogP contribution in [-0.4, -0.2) is 0 Å². The highest BCUT2D eigenvalue weighted by Crippen LogP contribution is 2.37. The first-order valence-corrected chi connectivity index (χ1v) is 9.69. The van der Waals surface area contributed by atoms with Crippen molar-refractivity contribution in [1.29, 1.82) is 0 Å². The van der Waals surface area contributed by atoms with Gasteiger partial charge in [0.2, 0.25) is 5.69 Å². The lowest BCUT2D eigenvalue weighted by atomic mass is 9.87. The molecule has 1 aromatic heterocycles. The molecule has 4 aromatic rings. The average molecular weight is 385 g/mol. The fourth-order valence-electron chi connectivity index (χ4n) is 3.96. The molecule has 0 fully saturated rings. The molecule has 1 nitrogen and oxygen atoms in total. The summed E-state index contributed by atoms with van der Waals surface area (Å²) in [5.74, 6) is 0. The Balaban J connectivity index is 2.03. The summed E-state index contributed by atoms with van der Waals surface area (Å²) in [6.45, 7) is -1.25. The Kier molecular flexibility index (Phi) is 3.47. The SMILES string of the molecule is [2H]C([2H])([2H])c1cc(C)cc(C([2H])([2H])[2H])c1-c1cccc(C)c1-c1ccc(-c2ccccc2)c[n+]1C. The van der Waals surface area contributed by atoms with E-state index < -0.39 is 13.7 Å². The van der Waals surface area contributed by atoms with Crippen LogP contribution in [-0.2, 0) is 7.05 Å². The molecule has 0 aliphatic carbocycles. The minimum atomic E-state index is -2.47. The van der Waals surface area contributed by atoms with Crippen LogP contribution in [0.2, 0.25) is 0 Å². The molecule has 0 N–H and O–H groups in total. The summed E-state index contributed by atoms with van der Waals surface area (Å²) < 4.78 is 51.2. The molecular weight excluding hydrogens is 350 g/mol. The van der Waals surface area contributed by atoms with Crippen molar-refractivity contribution in [2.75, 3.05) is 0 Å². The van der Waals surface area contributed by atoms with Gasteiger partial charge >= 0.3 is 0 Å². The predicted octanol–water partition coefficient (Wildman–Crippen LogP) is 6.75. The third-order valence-corrected chi connectivity index (χ3v) is 5.32. The molecule has 0 radical (unpaired) electrons. The van der Waals surface area contributed by atoms with Gasteiger partial charge in [-0.3, -0.25) is 0 Å². The number of aromatic nitrogens is 1. The zero-order chi connectivity index (χ0) is 25.5. The van der Waals surface area contributed by atoms with Crippen LogP contribution in [0.15, 0.2) is 79.0 Å². The van der Waals surface area contributed by atoms with Crippen LogP contribution in [0.1, 0.15) is 30.5 Å². The van der Waals surface area contributed by atoms with Crippen molar-refractivity contribution in [3.05, 3.63) is 101 Å². The number of aryl methyl sites for hydroxylation is 5. The molecule has 0 amide bonds. The second-order valence-corrected chi connectivity index (χ2v) is 7.51. The van der Waals surface area contributed by atoms with Crippen molar-refractivity contribution in [2.45, 2.75) is 27.6 Å². The van der Waals surface area contributed by atoms with E-state index in [0.29, 0.717) is 11.1 Å². The third-order valence-electron chi connectivity index (χ3n) is 5.32. The van der Waals surface area contributed by atoms with E-state index in [-0.39, 0.29) is 16.7 Å². The molecule has 0 unspecified atom stereocenters. The number of rotatable bonds is 3. The Bertz CT molecular complexity index is 1350. The lowest BCUT2D eigenvalue weighted by molar-refractivity contribution is -0.659. The van der Waals surface area contributed by atoms with Crippen LogP contribution in [0.4, 0.5) is 0 Å². The van der Waals surface area contributed by atoms with Crippen LogP contribution in [0.3, 0.4) is 0 Å². The highest BCUT2D eigenvalue weighted by Gasteiger charge is 2.20. The first-order chi connectivity index (χ1) is 16.4. The fourth-order valence-corrected chi connectivity index (χ4v) is 3.96. The smallest absolute Gasteiger partial charge is 0.200 e. The van der Waals surface area contributed by atoms with Gasteiger partial charge in [0.25, 0.3) is 0 Å². The summed E-state index contributed by atoms with van der Waals surface area (Å²) in [6, 6.07) is 22.9. The molecule has 1 heterocycles. The maximum Gasteiger partial charge on any atom is 0.213 e. The predicted molar refractivity (Wildman–Crippen MR) is 123 cm³/mol. The lowest BCUT2D eigenvalue weighted by Crippen LogP contribution is -2.31. The van der Waals surface area contributed by atoms with Crippen LogP contribution in [0.25, 0.3) is 33.5 Å². The van der Waals surface area contributed by atoms with Gasteiger partial charge < -0.3 is 0 Å². The van der Waals surface area contributed by atoms with Crippen molar-refractivity contribution >= 4 is 0 Å². The first-order valence-electron chi connectivity index (χ1n) is 12.7. The van der Waals surface area contributed by atoms with Crippen LogP contribution in [0, 0.1) is 27.6 Å². The minimum Gasteiger partial charge on any atom is -0.200 e. The van der Waals surface area contributed by atoms with Gasteiger partial charge in [-0.15, -0.1) is 0 Å². The van der Waals surface area contributed by atoms with Crippen molar-refractivity contribution < 1.29 is 12.8 Å².